The summed E-state index contributed by atoms with van der Waals surface area (Å²) in [5.41, 5.74) is 7.52. The zero-order valence-corrected chi connectivity index (χ0v) is 21.7. The molecule has 0 radical (unpaired) electrons. The first-order valence-electron chi connectivity index (χ1n) is 13.6. The van der Waals surface area contributed by atoms with E-state index in [1.807, 2.05) is 59.5 Å². The van der Waals surface area contributed by atoms with E-state index < -0.39 is 0 Å². The Morgan fingerprint density at radius 1 is 0.921 bits per heavy atom. The van der Waals surface area contributed by atoms with Crippen molar-refractivity contribution >= 4 is 33.4 Å². The normalized spacial score (nSPS) is 18.0. The molecule has 4 N–H and O–H groups in total. The molecule has 38 heavy (non-hydrogen) atoms. The molecule has 6 nitrogen and oxygen atoms in total. The molecule has 0 bridgehead atoms. The number of carbonyl (C=O) groups excluding carboxylic acids is 2. The monoisotopic (exact) mass is 508 g/mol. The Balaban J connectivity index is 1.28. The lowest BCUT2D eigenvalue weighted by molar-refractivity contribution is -0.133. The van der Waals surface area contributed by atoms with Crippen LogP contribution in [0.25, 0.3) is 21.5 Å². The second-order valence-electron chi connectivity index (χ2n) is 10.2. The van der Waals surface area contributed by atoms with Crippen molar-refractivity contribution in [2.75, 3.05) is 19.6 Å². The lowest BCUT2D eigenvalue weighted by Gasteiger charge is -2.25. The first-order chi connectivity index (χ1) is 18.6. The van der Waals surface area contributed by atoms with E-state index in [1.54, 1.807) is 0 Å². The van der Waals surface area contributed by atoms with Gasteiger partial charge in [0.2, 0.25) is 5.91 Å². The number of hydrogen-bond acceptors (Lipinski definition) is 4. The number of nitrogens with one attached hydrogen (secondary N) is 2. The van der Waals surface area contributed by atoms with Crippen LogP contribution in [0.4, 0.5) is 0 Å². The fourth-order valence-electron chi connectivity index (χ4n) is 5.38. The number of hydrogen-bond donors (Lipinski definition) is 3. The quantitative estimate of drug-likeness (QED) is 0.288. The third kappa shape index (κ3) is 6.04. The van der Waals surface area contributed by atoms with E-state index in [2.05, 4.69) is 41.0 Å². The Kier molecular flexibility index (Phi) is 8.31. The van der Waals surface area contributed by atoms with Crippen LogP contribution in [0, 0.1) is 0 Å². The van der Waals surface area contributed by atoms with Gasteiger partial charge in [0.15, 0.2) is 0 Å². The maximum absolute atomic E-state index is 13.7. The molecule has 1 heterocycles. The largest absolute Gasteiger partial charge is 0.350 e. The highest BCUT2D eigenvalue weighted by atomic mass is 16.2. The first kappa shape index (κ1) is 25.9. The maximum atomic E-state index is 13.7. The van der Waals surface area contributed by atoms with Crippen molar-refractivity contribution < 1.29 is 9.59 Å². The van der Waals surface area contributed by atoms with Crippen molar-refractivity contribution in [3.63, 3.8) is 0 Å². The van der Waals surface area contributed by atoms with Crippen molar-refractivity contribution in [2.24, 2.45) is 5.73 Å². The van der Waals surface area contributed by atoms with Crippen LogP contribution in [0.3, 0.4) is 0 Å². The Bertz CT molecular complexity index is 1410. The molecule has 0 spiro atoms. The van der Waals surface area contributed by atoms with Gasteiger partial charge in [0.25, 0.3) is 5.91 Å². The molecular formula is C32H36N4O2. The van der Waals surface area contributed by atoms with Crippen molar-refractivity contribution in [3.05, 3.63) is 96.1 Å². The van der Waals surface area contributed by atoms with Crippen molar-refractivity contribution in [1.29, 1.82) is 0 Å². The second-order valence-corrected chi connectivity index (χ2v) is 10.2. The fourth-order valence-corrected chi connectivity index (χ4v) is 5.38. The molecular weight excluding hydrogens is 472 g/mol. The van der Waals surface area contributed by atoms with Crippen LogP contribution >= 0.6 is 0 Å². The molecule has 1 aliphatic heterocycles. The van der Waals surface area contributed by atoms with E-state index in [4.69, 9.17) is 5.73 Å². The number of nitrogens with zero attached hydrogens (tertiary/aromatic N) is 1. The molecule has 1 saturated heterocycles. The van der Waals surface area contributed by atoms with Gasteiger partial charge >= 0.3 is 0 Å². The van der Waals surface area contributed by atoms with Gasteiger partial charge in [0.05, 0.1) is 6.04 Å². The predicted octanol–water partition coefficient (Wildman–Crippen LogP) is 4.61. The number of rotatable bonds is 9. The third-order valence-electron chi connectivity index (χ3n) is 7.50. The zero-order valence-electron chi connectivity index (χ0n) is 21.7. The molecule has 196 valence electrons. The smallest absolute Gasteiger partial charge is 0.251 e. The number of nitrogens with two attached hydrogens (primary N) is 1. The highest BCUT2D eigenvalue weighted by Gasteiger charge is 2.31. The van der Waals surface area contributed by atoms with E-state index in [9.17, 15) is 9.59 Å². The fraction of sp³-hybridized carbons (Fsp3) is 0.312. The van der Waals surface area contributed by atoms with Gasteiger partial charge in [-0.15, -0.1) is 0 Å². The molecule has 1 aliphatic rings. The molecule has 0 aromatic heterocycles. The van der Waals surface area contributed by atoms with E-state index >= 15 is 0 Å². The Morgan fingerprint density at radius 2 is 1.68 bits per heavy atom. The lowest BCUT2D eigenvalue weighted by Crippen LogP contribution is -2.48. The molecule has 0 aliphatic carbocycles. The summed E-state index contributed by atoms with van der Waals surface area (Å²) in [5, 5.41) is 11.2. The van der Waals surface area contributed by atoms with Crippen molar-refractivity contribution in [3.8, 4) is 0 Å². The van der Waals surface area contributed by atoms with E-state index in [-0.39, 0.29) is 23.9 Å². The highest BCUT2D eigenvalue weighted by molar-refractivity contribution is 5.98. The minimum absolute atomic E-state index is 0.00347. The summed E-state index contributed by atoms with van der Waals surface area (Å²) in [7, 11) is 0. The van der Waals surface area contributed by atoms with E-state index in [0.717, 1.165) is 42.0 Å². The van der Waals surface area contributed by atoms with Gasteiger partial charge in [-0.1, -0.05) is 79.2 Å². The molecule has 4 aromatic rings. The van der Waals surface area contributed by atoms with Gasteiger partial charge in [-0.3, -0.25) is 9.59 Å². The summed E-state index contributed by atoms with van der Waals surface area (Å²) < 4.78 is 0. The third-order valence-corrected chi connectivity index (χ3v) is 7.50. The van der Waals surface area contributed by atoms with Crippen LogP contribution in [-0.4, -0.2) is 48.4 Å². The first-order valence-corrected chi connectivity index (χ1v) is 13.6. The van der Waals surface area contributed by atoms with E-state index in [1.165, 1.54) is 10.8 Å². The van der Waals surface area contributed by atoms with Gasteiger partial charge in [-0.2, -0.15) is 0 Å². The van der Waals surface area contributed by atoms with Crippen LogP contribution in [0.1, 0.15) is 41.6 Å². The van der Waals surface area contributed by atoms with Crippen LogP contribution in [-0.2, 0) is 11.3 Å². The Labute approximate surface area is 224 Å². The van der Waals surface area contributed by atoms with Crippen LogP contribution in [0.15, 0.2) is 84.9 Å². The van der Waals surface area contributed by atoms with Gasteiger partial charge in [-0.25, -0.2) is 0 Å². The molecule has 5 rings (SSSR count). The summed E-state index contributed by atoms with van der Waals surface area (Å²) in [4.78, 5) is 28.6. The highest BCUT2D eigenvalue weighted by Crippen LogP contribution is 2.22. The van der Waals surface area contributed by atoms with Crippen LogP contribution < -0.4 is 16.4 Å². The summed E-state index contributed by atoms with van der Waals surface area (Å²) in [6.45, 7) is 2.30. The molecule has 0 unspecified atom stereocenters. The number of amides is 2. The van der Waals surface area contributed by atoms with Crippen LogP contribution in [0.2, 0.25) is 0 Å². The summed E-state index contributed by atoms with van der Waals surface area (Å²) in [6, 6.07) is 28.1. The Hall–Kier alpha value is -3.74. The minimum atomic E-state index is -0.290. The molecule has 4 aromatic carbocycles. The summed E-state index contributed by atoms with van der Waals surface area (Å²) in [6.07, 6.45) is 3.27. The average molecular weight is 509 g/mol. The van der Waals surface area contributed by atoms with E-state index in [0.29, 0.717) is 31.7 Å². The lowest BCUT2D eigenvalue weighted by atomic mass is 10.0. The standard InChI is InChI=1S/C32H36N4O2/c33-18-6-5-14-30-32(38)36(22-27-12-7-11-24-9-3-4-13-29(24)27)19-17-28(35-30)21-34-31(37)26-16-15-23-8-1-2-10-25(23)20-26/h1-4,7-13,15-16,20,28,30,35H,5-6,14,17-19,21-22,33H2,(H,34,37)/t28-,30+/m1/s1. The van der Waals surface area contributed by atoms with Crippen LogP contribution in [0.5, 0.6) is 0 Å². The molecule has 1 fully saturated rings. The second kappa shape index (κ2) is 12.2. The molecule has 6 heteroatoms. The maximum Gasteiger partial charge on any atom is 0.251 e. The topological polar surface area (TPSA) is 87.5 Å². The van der Waals surface area contributed by atoms with Gasteiger partial charge in [0, 0.05) is 31.2 Å². The number of benzene rings is 4. The van der Waals surface area contributed by atoms with Crippen molar-refractivity contribution in [2.45, 2.75) is 44.3 Å². The molecule has 2 amide bonds. The van der Waals surface area contributed by atoms with Crippen molar-refractivity contribution in [1.82, 2.24) is 15.5 Å². The van der Waals surface area contributed by atoms with Gasteiger partial charge in [-0.05, 0) is 65.0 Å². The predicted molar refractivity (Wildman–Crippen MR) is 154 cm³/mol. The minimum Gasteiger partial charge on any atom is -0.350 e. The van der Waals surface area contributed by atoms with Gasteiger partial charge < -0.3 is 21.3 Å². The number of carbonyl (C=O) groups is 2. The molecule has 0 saturated carbocycles. The zero-order chi connectivity index (χ0) is 26.3. The average Bonchev–Trinajstić information content (AvgIpc) is 3.10. The SMILES string of the molecule is NCCCC[C@@H]1N[C@@H](CNC(=O)c2ccc3ccccc3c2)CCN(Cc2cccc3ccccc23)C1=O. The number of unbranched alkanes of at least 4 members (excludes halogenated alkanes) is 1. The molecule has 2 atom stereocenters. The number of fused-ring (bicyclic) bond motifs is 2. The summed E-state index contributed by atoms with van der Waals surface area (Å²) in [5.74, 6) is 0.0266. The Morgan fingerprint density at radius 3 is 2.53 bits per heavy atom. The van der Waals surface area contributed by atoms with Gasteiger partial charge in [0.1, 0.15) is 0 Å². The summed E-state index contributed by atoms with van der Waals surface area (Å²) >= 11 is 0.